The molecule has 114 valence electrons. The Balaban J connectivity index is 1.75. The smallest absolute Gasteiger partial charge is 0.244 e. The molecule has 1 amide bonds. The largest absolute Gasteiger partial charge is 0.507 e. The van der Waals surface area contributed by atoms with Crippen LogP contribution in [0.15, 0.2) is 24.3 Å². The minimum atomic E-state index is -0.190. The summed E-state index contributed by atoms with van der Waals surface area (Å²) in [5, 5.41) is 12.5. The Morgan fingerprint density at radius 1 is 1.43 bits per heavy atom. The molecular weight excluding hydrogens is 270 g/mol. The Morgan fingerprint density at radius 3 is 2.95 bits per heavy atom. The van der Waals surface area contributed by atoms with Crippen LogP contribution in [0.2, 0.25) is 0 Å². The second kappa shape index (κ2) is 7.66. The lowest BCUT2D eigenvalue weighted by atomic mass is 10.1. The van der Waals surface area contributed by atoms with Gasteiger partial charge in [-0.2, -0.15) is 0 Å². The lowest BCUT2D eigenvalue weighted by Crippen LogP contribution is -2.41. The van der Waals surface area contributed by atoms with Crippen molar-refractivity contribution in [3.05, 3.63) is 29.8 Å². The van der Waals surface area contributed by atoms with E-state index in [9.17, 15) is 9.90 Å². The highest BCUT2D eigenvalue weighted by Gasteiger charge is 2.09. The molecular formula is C15H21N3O3. The summed E-state index contributed by atoms with van der Waals surface area (Å²) in [5.74, 6) is -0.0911. The average Bonchev–Trinajstić information content (AvgIpc) is 2.49. The van der Waals surface area contributed by atoms with Crippen molar-refractivity contribution >= 4 is 17.7 Å². The molecule has 1 aromatic carbocycles. The topological polar surface area (TPSA) is 87.8 Å². The summed E-state index contributed by atoms with van der Waals surface area (Å²) in [5.41, 5.74) is 6.70. The Kier molecular flexibility index (Phi) is 5.59. The molecule has 1 aromatic rings. The van der Waals surface area contributed by atoms with Crippen molar-refractivity contribution in [1.82, 2.24) is 10.2 Å². The molecule has 0 bridgehead atoms. The predicted molar refractivity (Wildman–Crippen MR) is 81.8 cm³/mol. The molecule has 1 aliphatic rings. The van der Waals surface area contributed by atoms with Gasteiger partial charge in [-0.05, 0) is 24.3 Å². The fourth-order valence-electron chi connectivity index (χ4n) is 2.09. The molecule has 21 heavy (non-hydrogen) atoms. The number of hydrogen-bond donors (Lipinski definition) is 3. The summed E-state index contributed by atoms with van der Waals surface area (Å²) in [4.78, 5) is 13.9. The monoisotopic (exact) mass is 291 g/mol. The zero-order valence-corrected chi connectivity index (χ0v) is 11.9. The number of aromatic hydroxyl groups is 1. The second-order valence-electron chi connectivity index (χ2n) is 4.90. The van der Waals surface area contributed by atoms with Crippen molar-refractivity contribution in [3.8, 4) is 5.75 Å². The fraction of sp³-hybridized carbons (Fsp3) is 0.400. The van der Waals surface area contributed by atoms with Gasteiger partial charge in [-0.25, -0.2) is 0 Å². The molecule has 0 spiro atoms. The van der Waals surface area contributed by atoms with Crippen LogP contribution in [0, 0.1) is 0 Å². The number of nitrogen functional groups attached to an aromatic ring is 1. The fourth-order valence-corrected chi connectivity index (χ4v) is 2.09. The molecule has 6 nitrogen and oxygen atoms in total. The molecule has 1 aliphatic heterocycles. The summed E-state index contributed by atoms with van der Waals surface area (Å²) < 4.78 is 5.26. The number of phenols is 1. The van der Waals surface area contributed by atoms with Crippen molar-refractivity contribution in [1.29, 1.82) is 0 Å². The van der Waals surface area contributed by atoms with Gasteiger partial charge in [0.1, 0.15) is 5.75 Å². The van der Waals surface area contributed by atoms with E-state index >= 15 is 0 Å². The van der Waals surface area contributed by atoms with Gasteiger partial charge in [-0.15, -0.1) is 0 Å². The van der Waals surface area contributed by atoms with E-state index in [1.165, 1.54) is 12.1 Å². The van der Waals surface area contributed by atoms with Gasteiger partial charge in [0.25, 0.3) is 0 Å². The molecule has 6 heteroatoms. The number of amides is 1. The van der Waals surface area contributed by atoms with Crippen LogP contribution in [0.1, 0.15) is 5.56 Å². The maximum absolute atomic E-state index is 11.7. The van der Waals surface area contributed by atoms with E-state index in [0.29, 0.717) is 17.8 Å². The van der Waals surface area contributed by atoms with Gasteiger partial charge in [-0.3, -0.25) is 9.69 Å². The summed E-state index contributed by atoms with van der Waals surface area (Å²) in [6.07, 6.45) is 2.95. The van der Waals surface area contributed by atoms with Crippen LogP contribution in [-0.2, 0) is 9.53 Å². The number of benzene rings is 1. The molecule has 0 saturated carbocycles. The first-order valence-electron chi connectivity index (χ1n) is 6.99. The van der Waals surface area contributed by atoms with Crippen molar-refractivity contribution < 1.29 is 14.6 Å². The third-order valence-corrected chi connectivity index (χ3v) is 3.30. The van der Waals surface area contributed by atoms with Crippen LogP contribution in [0.25, 0.3) is 6.08 Å². The van der Waals surface area contributed by atoms with Crippen LogP contribution in [0.5, 0.6) is 5.75 Å². The molecule has 0 aromatic heterocycles. The first-order chi connectivity index (χ1) is 10.1. The number of nitrogens with two attached hydrogens (primary N) is 1. The molecule has 1 heterocycles. The number of phenolic OH excluding ortho intramolecular Hbond substituents is 1. The minimum absolute atomic E-state index is 0.0987. The van der Waals surface area contributed by atoms with E-state index < -0.39 is 0 Å². The number of anilines is 1. The molecule has 1 saturated heterocycles. The number of carbonyl (C=O) groups excluding carboxylic acids is 1. The van der Waals surface area contributed by atoms with Crippen LogP contribution in [-0.4, -0.2) is 55.3 Å². The normalized spacial score (nSPS) is 16.2. The lowest BCUT2D eigenvalue weighted by Gasteiger charge is -2.26. The van der Waals surface area contributed by atoms with Crippen LogP contribution in [0.3, 0.4) is 0 Å². The van der Waals surface area contributed by atoms with Gasteiger partial charge in [0, 0.05) is 43.5 Å². The number of carbonyl (C=O) groups is 1. The molecule has 0 atom stereocenters. The minimum Gasteiger partial charge on any atom is -0.507 e. The maximum atomic E-state index is 11.7. The number of morpholine rings is 1. The average molecular weight is 291 g/mol. The van der Waals surface area contributed by atoms with Gasteiger partial charge in [0.15, 0.2) is 0 Å². The number of rotatable bonds is 5. The maximum Gasteiger partial charge on any atom is 0.244 e. The molecule has 2 rings (SSSR count). The van der Waals surface area contributed by atoms with E-state index in [-0.39, 0.29) is 11.7 Å². The van der Waals surface area contributed by atoms with E-state index in [4.69, 9.17) is 10.5 Å². The van der Waals surface area contributed by atoms with Gasteiger partial charge < -0.3 is 20.9 Å². The zero-order chi connectivity index (χ0) is 15.1. The van der Waals surface area contributed by atoms with E-state index in [1.54, 1.807) is 18.2 Å². The highest BCUT2D eigenvalue weighted by atomic mass is 16.5. The highest BCUT2D eigenvalue weighted by Crippen LogP contribution is 2.20. The van der Waals surface area contributed by atoms with Crippen LogP contribution in [0.4, 0.5) is 5.69 Å². The van der Waals surface area contributed by atoms with Crippen LogP contribution >= 0.6 is 0 Å². The van der Waals surface area contributed by atoms with Crippen molar-refractivity contribution in [2.75, 3.05) is 45.1 Å². The van der Waals surface area contributed by atoms with E-state index in [0.717, 1.165) is 32.8 Å². The number of nitrogens with zero attached hydrogens (tertiary/aromatic N) is 1. The lowest BCUT2D eigenvalue weighted by molar-refractivity contribution is -0.116. The highest BCUT2D eigenvalue weighted by molar-refractivity contribution is 5.92. The van der Waals surface area contributed by atoms with Gasteiger partial charge in [0.2, 0.25) is 5.91 Å². The third-order valence-electron chi connectivity index (χ3n) is 3.30. The van der Waals surface area contributed by atoms with Gasteiger partial charge >= 0.3 is 0 Å². The first kappa shape index (κ1) is 15.3. The quantitative estimate of drug-likeness (QED) is 0.416. The van der Waals surface area contributed by atoms with E-state index in [1.807, 2.05) is 0 Å². The zero-order valence-electron chi connectivity index (χ0n) is 11.9. The summed E-state index contributed by atoms with van der Waals surface area (Å²) in [7, 11) is 0. The number of nitrogens with one attached hydrogen (secondary N) is 1. The predicted octanol–water partition coefficient (Wildman–Crippen LogP) is 0.436. The Morgan fingerprint density at radius 2 is 2.19 bits per heavy atom. The van der Waals surface area contributed by atoms with Gasteiger partial charge in [0.05, 0.1) is 13.2 Å². The van der Waals surface area contributed by atoms with Crippen molar-refractivity contribution in [2.45, 2.75) is 0 Å². The van der Waals surface area contributed by atoms with Crippen LogP contribution < -0.4 is 11.1 Å². The first-order valence-corrected chi connectivity index (χ1v) is 6.99. The number of hydrogen-bond acceptors (Lipinski definition) is 5. The summed E-state index contributed by atoms with van der Waals surface area (Å²) >= 11 is 0. The molecule has 4 N–H and O–H groups in total. The van der Waals surface area contributed by atoms with Crippen molar-refractivity contribution in [2.24, 2.45) is 0 Å². The molecule has 1 fully saturated rings. The Labute approximate surface area is 124 Å². The molecule has 0 aliphatic carbocycles. The van der Waals surface area contributed by atoms with Crippen molar-refractivity contribution in [3.63, 3.8) is 0 Å². The Hall–Kier alpha value is -2.05. The van der Waals surface area contributed by atoms with E-state index in [2.05, 4.69) is 10.2 Å². The summed E-state index contributed by atoms with van der Waals surface area (Å²) in [6.45, 7) is 4.72. The molecule has 0 unspecified atom stereocenters. The van der Waals surface area contributed by atoms with Gasteiger partial charge in [-0.1, -0.05) is 0 Å². The SMILES string of the molecule is Nc1ccc(O)c(C=CC(=O)NCCN2CCOCC2)c1. The standard InChI is InChI=1S/C15H21N3O3/c16-13-2-3-14(19)12(11-13)1-4-15(20)17-5-6-18-7-9-21-10-8-18/h1-4,11,19H,5-10,16H2,(H,17,20). The second-order valence-corrected chi connectivity index (χ2v) is 4.90. The third kappa shape index (κ3) is 5.09. The molecule has 0 radical (unpaired) electrons. The number of ether oxygens (including phenoxy) is 1. The summed E-state index contributed by atoms with van der Waals surface area (Å²) in [6, 6.07) is 4.73. The Bertz CT molecular complexity index is 511.